The van der Waals surface area contributed by atoms with Crippen LogP contribution in [-0.4, -0.2) is 56.0 Å². The zero-order valence-electron chi connectivity index (χ0n) is 18.3. The van der Waals surface area contributed by atoms with Crippen LogP contribution in [-0.2, 0) is 22.7 Å². The summed E-state index contributed by atoms with van der Waals surface area (Å²) in [6.45, 7) is 3.58. The van der Waals surface area contributed by atoms with Crippen LogP contribution in [0.4, 0.5) is 0 Å². The molecule has 0 spiro atoms. The molecule has 8 nitrogen and oxygen atoms in total. The van der Waals surface area contributed by atoms with E-state index in [1.165, 1.54) is 18.4 Å². The van der Waals surface area contributed by atoms with E-state index in [9.17, 15) is 14.4 Å². The second-order valence-electron chi connectivity index (χ2n) is 9.15. The number of nitrogens with one attached hydrogen (secondary N) is 1. The minimum atomic E-state index is -0.601. The molecule has 1 N–H and O–H groups in total. The van der Waals surface area contributed by atoms with Crippen molar-refractivity contribution in [2.75, 3.05) is 13.1 Å². The lowest BCUT2D eigenvalue weighted by molar-refractivity contribution is -0.136. The number of piperidine rings is 1. The molecular formula is C25H25N5O3. The Morgan fingerprint density at radius 2 is 1.91 bits per heavy atom. The van der Waals surface area contributed by atoms with E-state index in [0.717, 1.165) is 42.0 Å². The Labute approximate surface area is 191 Å². The first-order chi connectivity index (χ1) is 16.1. The Kier molecular flexibility index (Phi) is 4.76. The van der Waals surface area contributed by atoms with Gasteiger partial charge in [-0.05, 0) is 67.2 Å². The number of nitrogens with zero attached hydrogens (tertiary/aromatic N) is 4. The monoisotopic (exact) mass is 443 g/mol. The average molecular weight is 444 g/mol. The van der Waals surface area contributed by atoms with Crippen LogP contribution in [0.15, 0.2) is 42.9 Å². The summed E-state index contributed by atoms with van der Waals surface area (Å²) < 4.78 is 2.11. The molecule has 3 amide bonds. The smallest absolute Gasteiger partial charge is 0.255 e. The zero-order valence-corrected chi connectivity index (χ0v) is 18.3. The maximum absolute atomic E-state index is 13.0. The molecule has 1 unspecified atom stereocenters. The second kappa shape index (κ2) is 7.81. The van der Waals surface area contributed by atoms with Crippen molar-refractivity contribution < 1.29 is 14.4 Å². The Morgan fingerprint density at radius 3 is 2.73 bits per heavy atom. The van der Waals surface area contributed by atoms with Crippen LogP contribution in [0.3, 0.4) is 0 Å². The van der Waals surface area contributed by atoms with Crippen LogP contribution in [0, 0.1) is 0 Å². The van der Waals surface area contributed by atoms with E-state index < -0.39 is 6.04 Å². The number of hydrogen-bond donors (Lipinski definition) is 1. The van der Waals surface area contributed by atoms with E-state index in [4.69, 9.17) is 0 Å². The van der Waals surface area contributed by atoms with Gasteiger partial charge in [-0.2, -0.15) is 0 Å². The molecule has 3 aliphatic rings. The molecule has 0 saturated carbocycles. The van der Waals surface area contributed by atoms with Gasteiger partial charge in [-0.3, -0.25) is 29.0 Å². The number of carbonyl (C=O) groups excluding carboxylic acids is 3. The average Bonchev–Trinajstić information content (AvgIpc) is 3.55. The predicted octanol–water partition coefficient (Wildman–Crippen LogP) is 2.36. The lowest BCUT2D eigenvalue weighted by Crippen LogP contribution is -2.52. The first-order valence-electron chi connectivity index (χ1n) is 11.5. The Balaban J connectivity index is 1.30. The summed E-state index contributed by atoms with van der Waals surface area (Å²) in [6.07, 6.45) is 6.90. The molecule has 2 fully saturated rings. The molecule has 0 aliphatic carbocycles. The third-order valence-corrected chi connectivity index (χ3v) is 7.08. The first-order valence-corrected chi connectivity index (χ1v) is 11.5. The molecule has 1 atom stereocenters. The van der Waals surface area contributed by atoms with Crippen LogP contribution in [0.2, 0.25) is 0 Å². The van der Waals surface area contributed by atoms with Gasteiger partial charge in [0.25, 0.3) is 5.91 Å². The highest BCUT2D eigenvalue weighted by atomic mass is 16.2. The van der Waals surface area contributed by atoms with Gasteiger partial charge in [0.15, 0.2) is 0 Å². The van der Waals surface area contributed by atoms with Gasteiger partial charge in [0.05, 0.1) is 23.7 Å². The third kappa shape index (κ3) is 3.41. The van der Waals surface area contributed by atoms with Crippen LogP contribution >= 0.6 is 0 Å². The molecule has 5 heterocycles. The van der Waals surface area contributed by atoms with Gasteiger partial charge in [-0.1, -0.05) is 12.1 Å². The number of imide groups is 1. The fraction of sp³-hybridized carbons (Fsp3) is 0.360. The lowest BCUT2D eigenvalue weighted by atomic mass is 10.0. The quantitative estimate of drug-likeness (QED) is 0.626. The number of pyridine rings is 1. The normalized spacial score (nSPS) is 21.2. The molecule has 168 valence electrons. The number of imidazole rings is 1. The highest BCUT2D eigenvalue weighted by Crippen LogP contribution is 2.32. The molecule has 33 heavy (non-hydrogen) atoms. The van der Waals surface area contributed by atoms with E-state index in [1.54, 1.807) is 4.90 Å². The van der Waals surface area contributed by atoms with Crippen LogP contribution in [0.1, 0.15) is 47.2 Å². The SMILES string of the molecule is O=C1CCC(N2Cc3cc(-c4ccc(CN5CCCC5)c5cncn45)ccc3C2=O)C(=O)N1. The summed E-state index contributed by atoms with van der Waals surface area (Å²) >= 11 is 0. The Hall–Kier alpha value is -3.52. The van der Waals surface area contributed by atoms with Crippen molar-refractivity contribution in [3.05, 3.63) is 59.5 Å². The maximum atomic E-state index is 13.0. The zero-order chi connectivity index (χ0) is 22.5. The van der Waals surface area contributed by atoms with Gasteiger partial charge in [0, 0.05) is 25.1 Å². The third-order valence-electron chi connectivity index (χ3n) is 7.08. The summed E-state index contributed by atoms with van der Waals surface area (Å²) in [4.78, 5) is 45.3. The highest BCUT2D eigenvalue weighted by Gasteiger charge is 2.39. The number of fused-ring (bicyclic) bond motifs is 2. The molecule has 2 saturated heterocycles. The number of hydrogen-bond acceptors (Lipinski definition) is 5. The molecule has 3 aromatic rings. The molecule has 0 radical (unpaired) electrons. The van der Waals surface area contributed by atoms with Crippen molar-refractivity contribution in [1.29, 1.82) is 0 Å². The standard InChI is InChI=1S/C25H25N5O3/c31-23-8-7-21(24(32)27-23)29-14-18-11-16(3-5-19(18)25(29)33)20-6-4-17(13-28-9-1-2-10-28)22-12-26-15-30(20)22/h3-6,11-12,15,21H,1-2,7-10,13-14H2,(H,27,31,32). The van der Waals surface area contributed by atoms with Gasteiger partial charge in [-0.25, -0.2) is 4.98 Å². The molecule has 6 rings (SSSR count). The summed E-state index contributed by atoms with van der Waals surface area (Å²) in [7, 11) is 0. The number of rotatable bonds is 4. The van der Waals surface area contributed by atoms with Gasteiger partial charge in [-0.15, -0.1) is 0 Å². The number of benzene rings is 1. The molecule has 2 aromatic heterocycles. The van der Waals surface area contributed by atoms with Gasteiger partial charge < -0.3 is 4.90 Å². The van der Waals surface area contributed by atoms with E-state index >= 15 is 0 Å². The predicted molar refractivity (Wildman–Crippen MR) is 121 cm³/mol. The molecule has 1 aromatic carbocycles. The van der Waals surface area contributed by atoms with Crippen molar-refractivity contribution in [2.24, 2.45) is 0 Å². The number of likely N-dealkylation sites (tertiary alicyclic amines) is 1. The van der Waals surface area contributed by atoms with Crippen molar-refractivity contribution in [1.82, 2.24) is 24.5 Å². The Bertz CT molecular complexity index is 1290. The Morgan fingerprint density at radius 1 is 1.06 bits per heavy atom. The van der Waals surface area contributed by atoms with Gasteiger partial charge >= 0.3 is 0 Å². The maximum Gasteiger partial charge on any atom is 0.255 e. The van der Waals surface area contributed by atoms with E-state index in [1.807, 2.05) is 30.7 Å². The molecule has 8 heteroatoms. The fourth-order valence-corrected chi connectivity index (χ4v) is 5.35. The van der Waals surface area contributed by atoms with Crippen molar-refractivity contribution >= 4 is 23.2 Å². The topological polar surface area (TPSA) is 87.0 Å². The molecule has 3 aliphatic heterocycles. The summed E-state index contributed by atoms with van der Waals surface area (Å²) in [5, 5.41) is 2.35. The van der Waals surface area contributed by atoms with Crippen molar-refractivity contribution in [2.45, 2.75) is 44.8 Å². The number of aromatic nitrogens is 2. The minimum Gasteiger partial charge on any atom is -0.322 e. The molecular weight excluding hydrogens is 418 g/mol. The van der Waals surface area contributed by atoms with Crippen molar-refractivity contribution in [3.63, 3.8) is 0 Å². The van der Waals surface area contributed by atoms with Crippen molar-refractivity contribution in [3.8, 4) is 11.3 Å². The summed E-state index contributed by atoms with van der Waals surface area (Å²) in [6, 6.07) is 9.54. The summed E-state index contributed by atoms with van der Waals surface area (Å²) in [5.41, 5.74) is 5.90. The fourth-order valence-electron chi connectivity index (χ4n) is 5.35. The summed E-state index contributed by atoms with van der Waals surface area (Å²) in [5.74, 6) is -0.818. The van der Waals surface area contributed by atoms with Crippen LogP contribution in [0.5, 0.6) is 0 Å². The van der Waals surface area contributed by atoms with Crippen LogP contribution < -0.4 is 5.32 Å². The number of amides is 3. The second-order valence-corrected chi connectivity index (χ2v) is 9.15. The lowest BCUT2D eigenvalue weighted by Gasteiger charge is -2.29. The van der Waals surface area contributed by atoms with Crippen LogP contribution in [0.25, 0.3) is 16.8 Å². The first kappa shape index (κ1) is 20.1. The van der Waals surface area contributed by atoms with E-state index in [2.05, 4.69) is 31.7 Å². The van der Waals surface area contributed by atoms with Gasteiger partial charge in [0.1, 0.15) is 6.04 Å². The van der Waals surface area contributed by atoms with Gasteiger partial charge in [0.2, 0.25) is 11.8 Å². The van der Waals surface area contributed by atoms with E-state index in [0.29, 0.717) is 18.5 Å². The highest BCUT2D eigenvalue weighted by molar-refractivity contribution is 6.05. The minimum absolute atomic E-state index is 0.153. The van der Waals surface area contributed by atoms with E-state index in [-0.39, 0.29) is 24.1 Å². The number of carbonyl (C=O) groups is 3. The largest absolute Gasteiger partial charge is 0.322 e. The molecule has 0 bridgehead atoms.